The van der Waals surface area contributed by atoms with E-state index in [1.165, 1.54) is 12.1 Å². The second kappa shape index (κ2) is 4.64. The van der Waals surface area contributed by atoms with Crippen LogP contribution in [0, 0.1) is 5.92 Å². The standard InChI is InChI=1S/C13H18ClNO/c1-9-5-6-15(8-9)11-3-4-12(10(2)16)13(14)7-11/h3-4,7,9-10,16H,5-6,8H2,1-2H3. The molecule has 1 heterocycles. The van der Waals surface area contributed by atoms with Crippen LogP contribution < -0.4 is 4.90 Å². The van der Waals surface area contributed by atoms with Gasteiger partial charge in [-0.05, 0) is 37.0 Å². The van der Waals surface area contributed by atoms with Crippen LogP contribution in [0.25, 0.3) is 0 Å². The predicted octanol–water partition coefficient (Wildman–Crippen LogP) is 3.24. The first-order valence-electron chi connectivity index (χ1n) is 5.80. The lowest BCUT2D eigenvalue weighted by Gasteiger charge is -2.19. The molecule has 0 spiro atoms. The molecule has 1 saturated heterocycles. The van der Waals surface area contributed by atoms with E-state index in [0.717, 1.165) is 24.6 Å². The van der Waals surface area contributed by atoms with Gasteiger partial charge in [-0.1, -0.05) is 24.6 Å². The van der Waals surface area contributed by atoms with Crippen molar-refractivity contribution in [2.45, 2.75) is 26.4 Å². The SMILES string of the molecule is CC1CCN(c2ccc(C(C)O)c(Cl)c2)C1. The highest BCUT2D eigenvalue weighted by molar-refractivity contribution is 6.31. The van der Waals surface area contributed by atoms with Crippen LogP contribution in [0.4, 0.5) is 5.69 Å². The minimum Gasteiger partial charge on any atom is -0.389 e. The van der Waals surface area contributed by atoms with Gasteiger partial charge in [-0.2, -0.15) is 0 Å². The lowest BCUT2D eigenvalue weighted by atomic mass is 10.1. The van der Waals surface area contributed by atoms with Gasteiger partial charge in [0.1, 0.15) is 0 Å². The zero-order valence-corrected chi connectivity index (χ0v) is 10.5. The van der Waals surface area contributed by atoms with Gasteiger partial charge in [0, 0.05) is 23.8 Å². The third-order valence-corrected chi connectivity index (χ3v) is 3.55. The van der Waals surface area contributed by atoms with Gasteiger partial charge >= 0.3 is 0 Å². The van der Waals surface area contributed by atoms with Gasteiger partial charge in [-0.25, -0.2) is 0 Å². The van der Waals surface area contributed by atoms with Crippen molar-refractivity contribution < 1.29 is 5.11 Å². The molecule has 0 saturated carbocycles. The van der Waals surface area contributed by atoms with Crippen LogP contribution >= 0.6 is 11.6 Å². The van der Waals surface area contributed by atoms with Crippen molar-refractivity contribution in [2.24, 2.45) is 5.92 Å². The number of aliphatic hydroxyl groups excluding tert-OH is 1. The van der Waals surface area contributed by atoms with E-state index in [4.69, 9.17) is 11.6 Å². The fourth-order valence-electron chi connectivity index (χ4n) is 2.22. The van der Waals surface area contributed by atoms with Gasteiger partial charge in [-0.3, -0.25) is 0 Å². The third kappa shape index (κ3) is 2.33. The Morgan fingerprint density at radius 3 is 2.75 bits per heavy atom. The Labute approximate surface area is 102 Å². The zero-order chi connectivity index (χ0) is 11.7. The van der Waals surface area contributed by atoms with E-state index in [-0.39, 0.29) is 0 Å². The number of halogens is 1. The summed E-state index contributed by atoms with van der Waals surface area (Å²) >= 11 is 6.15. The van der Waals surface area contributed by atoms with E-state index in [1.807, 2.05) is 18.2 Å². The van der Waals surface area contributed by atoms with Crippen LogP contribution in [0.5, 0.6) is 0 Å². The Kier molecular flexibility index (Phi) is 3.41. The number of benzene rings is 1. The molecule has 1 aromatic carbocycles. The van der Waals surface area contributed by atoms with Crippen LogP contribution in [0.15, 0.2) is 18.2 Å². The van der Waals surface area contributed by atoms with Gasteiger partial charge in [0.2, 0.25) is 0 Å². The third-order valence-electron chi connectivity index (χ3n) is 3.22. The number of nitrogens with zero attached hydrogens (tertiary/aromatic N) is 1. The Bertz CT molecular complexity index is 378. The summed E-state index contributed by atoms with van der Waals surface area (Å²) in [5.41, 5.74) is 1.97. The normalized spacial score (nSPS) is 22.5. The summed E-state index contributed by atoms with van der Waals surface area (Å²) in [6.07, 6.45) is 0.745. The summed E-state index contributed by atoms with van der Waals surface area (Å²) in [7, 11) is 0. The Morgan fingerprint density at radius 1 is 1.50 bits per heavy atom. The first-order chi connectivity index (χ1) is 7.58. The van der Waals surface area contributed by atoms with Gasteiger partial charge in [0.05, 0.1) is 6.10 Å². The molecule has 0 bridgehead atoms. The van der Waals surface area contributed by atoms with Crippen LogP contribution in [0.2, 0.25) is 5.02 Å². The minimum absolute atomic E-state index is 0.501. The highest BCUT2D eigenvalue weighted by Gasteiger charge is 2.19. The summed E-state index contributed by atoms with van der Waals surface area (Å²) in [6, 6.07) is 5.93. The maximum atomic E-state index is 9.50. The van der Waals surface area contributed by atoms with E-state index in [2.05, 4.69) is 11.8 Å². The average Bonchev–Trinajstić information content (AvgIpc) is 2.64. The maximum absolute atomic E-state index is 9.50. The average molecular weight is 240 g/mol. The topological polar surface area (TPSA) is 23.5 Å². The van der Waals surface area contributed by atoms with E-state index < -0.39 is 6.10 Å². The molecule has 0 aromatic heterocycles. The van der Waals surface area contributed by atoms with Gasteiger partial charge in [0.25, 0.3) is 0 Å². The monoisotopic (exact) mass is 239 g/mol. The van der Waals surface area contributed by atoms with E-state index >= 15 is 0 Å². The molecule has 2 atom stereocenters. The number of anilines is 1. The molecular weight excluding hydrogens is 222 g/mol. The van der Waals surface area contributed by atoms with Gasteiger partial charge in [0.15, 0.2) is 0 Å². The van der Waals surface area contributed by atoms with Crippen LogP contribution in [0.3, 0.4) is 0 Å². The number of hydrogen-bond acceptors (Lipinski definition) is 2. The predicted molar refractivity (Wildman–Crippen MR) is 68.1 cm³/mol. The molecule has 88 valence electrons. The summed E-state index contributed by atoms with van der Waals surface area (Å²) in [6.45, 7) is 6.21. The molecule has 1 N–H and O–H groups in total. The first kappa shape index (κ1) is 11.7. The van der Waals surface area contributed by atoms with Crippen molar-refractivity contribution in [3.8, 4) is 0 Å². The molecule has 3 heteroatoms. The van der Waals surface area contributed by atoms with E-state index in [9.17, 15) is 5.11 Å². The first-order valence-corrected chi connectivity index (χ1v) is 6.18. The van der Waals surface area contributed by atoms with Crippen LogP contribution in [-0.2, 0) is 0 Å². The van der Waals surface area contributed by atoms with Crippen molar-refractivity contribution in [1.29, 1.82) is 0 Å². The lowest BCUT2D eigenvalue weighted by molar-refractivity contribution is 0.199. The van der Waals surface area contributed by atoms with Gasteiger partial charge in [-0.15, -0.1) is 0 Å². The molecule has 1 aliphatic heterocycles. The number of aliphatic hydroxyl groups is 1. The highest BCUT2D eigenvalue weighted by atomic mass is 35.5. The quantitative estimate of drug-likeness (QED) is 0.857. The van der Waals surface area contributed by atoms with E-state index in [0.29, 0.717) is 5.02 Å². The van der Waals surface area contributed by atoms with Crippen molar-refractivity contribution in [2.75, 3.05) is 18.0 Å². The molecule has 1 aliphatic rings. The molecule has 16 heavy (non-hydrogen) atoms. The fourth-order valence-corrected chi connectivity index (χ4v) is 2.55. The molecular formula is C13H18ClNO. The van der Waals surface area contributed by atoms with E-state index in [1.54, 1.807) is 6.92 Å². The zero-order valence-electron chi connectivity index (χ0n) is 9.78. The van der Waals surface area contributed by atoms with Crippen molar-refractivity contribution in [3.63, 3.8) is 0 Å². The Hall–Kier alpha value is -0.730. The minimum atomic E-state index is -0.501. The van der Waals surface area contributed by atoms with Crippen molar-refractivity contribution in [3.05, 3.63) is 28.8 Å². The Balaban J connectivity index is 2.21. The molecule has 2 rings (SSSR count). The molecule has 2 unspecified atom stereocenters. The molecule has 0 radical (unpaired) electrons. The largest absolute Gasteiger partial charge is 0.389 e. The number of hydrogen-bond donors (Lipinski definition) is 1. The lowest BCUT2D eigenvalue weighted by Crippen LogP contribution is -2.19. The van der Waals surface area contributed by atoms with Crippen LogP contribution in [0.1, 0.15) is 31.9 Å². The smallest absolute Gasteiger partial charge is 0.0776 e. The molecule has 0 amide bonds. The van der Waals surface area contributed by atoms with Crippen molar-refractivity contribution >= 4 is 17.3 Å². The summed E-state index contributed by atoms with van der Waals surface area (Å²) in [5.74, 6) is 0.759. The van der Waals surface area contributed by atoms with Gasteiger partial charge < -0.3 is 10.0 Å². The molecule has 0 aliphatic carbocycles. The summed E-state index contributed by atoms with van der Waals surface area (Å²) in [5, 5.41) is 10.2. The molecule has 1 aromatic rings. The second-order valence-corrected chi connectivity index (χ2v) is 5.13. The highest BCUT2D eigenvalue weighted by Crippen LogP contribution is 2.30. The second-order valence-electron chi connectivity index (χ2n) is 4.72. The Morgan fingerprint density at radius 2 is 2.25 bits per heavy atom. The van der Waals surface area contributed by atoms with Crippen molar-refractivity contribution in [1.82, 2.24) is 0 Å². The summed E-state index contributed by atoms with van der Waals surface area (Å²) in [4.78, 5) is 2.35. The number of rotatable bonds is 2. The van der Waals surface area contributed by atoms with Crippen LogP contribution in [-0.4, -0.2) is 18.2 Å². The maximum Gasteiger partial charge on any atom is 0.0776 e. The fraction of sp³-hybridized carbons (Fsp3) is 0.538. The molecule has 2 nitrogen and oxygen atoms in total. The summed E-state index contributed by atoms with van der Waals surface area (Å²) < 4.78 is 0. The molecule has 1 fully saturated rings.